The highest BCUT2D eigenvalue weighted by Gasteiger charge is 2.08. The zero-order valence-electron chi connectivity index (χ0n) is 8.67. The van der Waals surface area contributed by atoms with Crippen LogP contribution in [-0.2, 0) is 6.54 Å². The van der Waals surface area contributed by atoms with Crippen molar-refractivity contribution in [2.24, 2.45) is 0 Å². The van der Waals surface area contributed by atoms with Crippen LogP contribution in [0.5, 0.6) is 0 Å². The van der Waals surface area contributed by atoms with E-state index in [1.54, 1.807) is 22.7 Å². The molecule has 0 aliphatic heterocycles. The lowest BCUT2D eigenvalue weighted by molar-refractivity contribution is 0.587. The van der Waals surface area contributed by atoms with Gasteiger partial charge in [0.05, 0.1) is 4.34 Å². The smallest absolute Gasteiger partial charge is 0.0931 e. The van der Waals surface area contributed by atoms with Crippen molar-refractivity contribution in [2.75, 3.05) is 0 Å². The molecule has 0 spiro atoms. The Morgan fingerprint density at radius 2 is 2.31 bits per heavy atom. The van der Waals surface area contributed by atoms with Crippen LogP contribution in [0.4, 0.5) is 0 Å². The molecule has 0 saturated carbocycles. The molecular formula is C11H11BrClNS2. The second-order valence-electron chi connectivity index (χ2n) is 3.48. The molecule has 2 heterocycles. The largest absolute Gasteiger partial charge is 0.305 e. The minimum Gasteiger partial charge on any atom is -0.305 e. The molecule has 0 aromatic carbocycles. The van der Waals surface area contributed by atoms with Gasteiger partial charge in [0, 0.05) is 32.2 Å². The Labute approximate surface area is 117 Å². The maximum Gasteiger partial charge on any atom is 0.0931 e. The van der Waals surface area contributed by atoms with Gasteiger partial charge >= 0.3 is 0 Å². The summed E-state index contributed by atoms with van der Waals surface area (Å²) in [5, 5.41) is 5.58. The van der Waals surface area contributed by atoms with E-state index in [-0.39, 0.29) is 0 Å². The maximum absolute atomic E-state index is 5.91. The SMILES string of the molecule is CC(NCc1cc(Br)cs1)c1ccc(Cl)s1. The quantitative estimate of drug-likeness (QED) is 0.821. The van der Waals surface area contributed by atoms with Crippen molar-refractivity contribution < 1.29 is 0 Å². The lowest BCUT2D eigenvalue weighted by atomic mass is 10.3. The molecule has 0 saturated heterocycles. The van der Waals surface area contributed by atoms with E-state index in [0.717, 1.165) is 15.4 Å². The molecule has 1 atom stereocenters. The fraction of sp³-hybridized carbons (Fsp3) is 0.273. The fourth-order valence-electron chi connectivity index (χ4n) is 1.36. The van der Waals surface area contributed by atoms with Gasteiger partial charge in [0.2, 0.25) is 0 Å². The molecule has 0 bridgehead atoms. The minimum absolute atomic E-state index is 0.346. The summed E-state index contributed by atoms with van der Waals surface area (Å²) in [6, 6.07) is 6.51. The molecule has 16 heavy (non-hydrogen) atoms. The average Bonchev–Trinajstić information content (AvgIpc) is 2.84. The van der Waals surface area contributed by atoms with Gasteiger partial charge in [0.1, 0.15) is 0 Å². The molecule has 1 unspecified atom stereocenters. The predicted octanol–water partition coefficient (Wildman–Crippen LogP) is 5.08. The summed E-state index contributed by atoms with van der Waals surface area (Å²) in [5.74, 6) is 0. The second kappa shape index (κ2) is 5.65. The molecule has 86 valence electrons. The van der Waals surface area contributed by atoms with Crippen molar-refractivity contribution in [2.45, 2.75) is 19.5 Å². The normalized spacial score (nSPS) is 12.9. The van der Waals surface area contributed by atoms with Gasteiger partial charge in [0.15, 0.2) is 0 Å². The third-order valence-corrected chi connectivity index (χ3v) is 5.34. The van der Waals surface area contributed by atoms with Crippen molar-refractivity contribution in [3.63, 3.8) is 0 Å². The number of thiophene rings is 2. The van der Waals surface area contributed by atoms with Crippen molar-refractivity contribution in [1.29, 1.82) is 0 Å². The summed E-state index contributed by atoms with van der Waals surface area (Å²) in [7, 11) is 0. The Bertz CT molecular complexity index is 466. The highest BCUT2D eigenvalue weighted by atomic mass is 79.9. The molecule has 2 aromatic rings. The Morgan fingerprint density at radius 3 is 2.88 bits per heavy atom. The Balaban J connectivity index is 1.91. The van der Waals surface area contributed by atoms with Crippen LogP contribution in [0, 0.1) is 0 Å². The van der Waals surface area contributed by atoms with Crippen LogP contribution < -0.4 is 5.32 Å². The van der Waals surface area contributed by atoms with Gasteiger partial charge in [0.25, 0.3) is 0 Å². The third-order valence-electron chi connectivity index (χ3n) is 2.23. The molecule has 0 aliphatic rings. The monoisotopic (exact) mass is 335 g/mol. The van der Waals surface area contributed by atoms with Crippen LogP contribution in [0.1, 0.15) is 22.7 Å². The van der Waals surface area contributed by atoms with E-state index in [4.69, 9.17) is 11.6 Å². The van der Waals surface area contributed by atoms with E-state index >= 15 is 0 Å². The van der Waals surface area contributed by atoms with E-state index in [1.807, 2.05) is 6.07 Å². The topological polar surface area (TPSA) is 12.0 Å². The maximum atomic E-state index is 5.91. The molecule has 1 N–H and O–H groups in total. The fourth-order valence-corrected chi connectivity index (χ4v) is 3.85. The van der Waals surface area contributed by atoms with E-state index in [9.17, 15) is 0 Å². The van der Waals surface area contributed by atoms with Gasteiger partial charge in [-0.15, -0.1) is 22.7 Å². The number of halogens is 2. The molecule has 0 radical (unpaired) electrons. The van der Waals surface area contributed by atoms with Gasteiger partial charge in [-0.1, -0.05) is 11.6 Å². The molecule has 0 aliphatic carbocycles. The summed E-state index contributed by atoms with van der Waals surface area (Å²) >= 11 is 12.8. The summed E-state index contributed by atoms with van der Waals surface area (Å²) in [5.41, 5.74) is 0. The zero-order valence-corrected chi connectivity index (χ0v) is 12.6. The number of rotatable bonds is 4. The summed E-state index contributed by atoms with van der Waals surface area (Å²) in [6.07, 6.45) is 0. The van der Waals surface area contributed by atoms with Crippen LogP contribution in [0.15, 0.2) is 28.1 Å². The molecule has 2 rings (SSSR count). The molecule has 0 fully saturated rings. The highest BCUT2D eigenvalue weighted by Crippen LogP contribution is 2.27. The van der Waals surface area contributed by atoms with Crippen molar-refractivity contribution in [1.82, 2.24) is 5.32 Å². The zero-order chi connectivity index (χ0) is 11.5. The van der Waals surface area contributed by atoms with Crippen LogP contribution in [0.2, 0.25) is 4.34 Å². The van der Waals surface area contributed by atoms with Gasteiger partial charge in [-0.3, -0.25) is 0 Å². The highest BCUT2D eigenvalue weighted by molar-refractivity contribution is 9.10. The first-order valence-corrected chi connectivity index (χ1v) is 7.73. The van der Waals surface area contributed by atoms with Crippen LogP contribution in [0.25, 0.3) is 0 Å². The van der Waals surface area contributed by atoms with Crippen molar-refractivity contribution in [3.05, 3.63) is 42.1 Å². The Morgan fingerprint density at radius 1 is 1.50 bits per heavy atom. The standard InChI is InChI=1S/C11H11BrClNS2/c1-7(10-2-3-11(13)16-10)14-5-9-4-8(12)6-15-9/h2-4,6-7,14H,5H2,1H3. The van der Waals surface area contributed by atoms with Crippen LogP contribution in [-0.4, -0.2) is 0 Å². The molecule has 5 heteroatoms. The minimum atomic E-state index is 0.346. The lowest BCUT2D eigenvalue weighted by Gasteiger charge is -2.10. The average molecular weight is 337 g/mol. The molecule has 2 aromatic heterocycles. The van der Waals surface area contributed by atoms with Crippen LogP contribution in [0.3, 0.4) is 0 Å². The third kappa shape index (κ3) is 3.31. The van der Waals surface area contributed by atoms with Gasteiger partial charge in [-0.05, 0) is 41.1 Å². The van der Waals surface area contributed by atoms with Crippen LogP contribution >= 0.6 is 50.2 Å². The Kier molecular flexibility index (Phi) is 4.44. The number of nitrogens with one attached hydrogen (secondary N) is 1. The van der Waals surface area contributed by atoms with Gasteiger partial charge in [-0.25, -0.2) is 0 Å². The van der Waals surface area contributed by atoms with Crippen molar-refractivity contribution >= 4 is 50.2 Å². The van der Waals surface area contributed by atoms with Crippen molar-refractivity contribution in [3.8, 4) is 0 Å². The first kappa shape index (κ1) is 12.6. The first-order valence-electron chi connectivity index (χ1n) is 4.86. The first-order chi connectivity index (χ1) is 7.65. The van der Waals surface area contributed by atoms with E-state index in [1.165, 1.54) is 9.75 Å². The van der Waals surface area contributed by atoms with Gasteiger partial charge in [-0.2, -0.15) is 0 Å². The lowest BCUT2D eigenvalue weighted by Crippen LogP contribution is -2.16. The van der Waals surface area contributed by atoms with E-state index < -0.39 is 0 Å². The number of hydrogen-bond donors (Lipinski definition) is 1. The van der Waals surface area contributed by atoms with E-state index in [0.29, 0.717) is 6.04 Å². The Hall–Kier alpha value is 0.130. The summed E-state index contributed by atoms with van der Waals surface area (Å²) < 4.78 is 2.00. The molecule has 1 nitrogen and oxygen atoms in total. The molecular weight excluding hydrogens is 326 g/mol. The van der Waals surface area contributed by atoms with Gasteiger partial charge < -0.3 is 5.32 Å². The summed E-state index contributed by atoms with van der Waals surface area (Å²) in [6.45, 7) is 3.05. The summed E-state index contributed by atoms with van der Waals surface area (Å²) in [4.78, 5) is 2.61. The number of hydrogen-bond acceptors (Lipinski definition) is 3. The van der Waals surface area contributed by atoms with E-state index in [2.05, 4.69) is 45.7 Å². The second-order valence-corrected chi connectivity index (χ2v) is 7.13. The predicted molar refractivity (Wildman–Crippen MR) is 76.6 cm³/mol. The molecule has 0 amide bonds.